The molecule has 29 heavy (non-hydrogen) atoms. The standard InChI is InChI=1S/C21H28ClN3O3Si/c1-21(2,3)29(5,6)28-10-9-16-13-24-14-25(16)19(20(26)27-4)17-8-7-15(12-23)11-18(17)22/h7-8,11,13-14,19H,9-10H2,1-6H3. The predicted octanol–water partition coefficient (Wildman–Crippen LogP) is 4.73. The Morgan fingerprint density at radius 3 is 2.62 bits per heavy atom. The normalized spacial score (nSPS) is 13.0. The van der Waals surface area contributed by atoms with Crippen LogP contribution in [0.25, 0.3) is 0 Å². The fourth-order valence-corrected chi connectivity index (χ4v) is 4.04. The van der Waals surface area contributed by atoms with Gasteiger partial charge in [-0.3, -0.25) is 0 Å². The van der Waals surface area contributed by atoms with Crippen molar-refractivity contribution >= 4 is 25.9 Å². The minimum atomic E-state index is -1.87. The molecule has 0 amide bonds. The van der Waals surface area contributed by atoms with Crippen molar-refractivity contribution in [2.75, 3.05) is 13.7 Å². The van der Waals surface area contributed by atoms with Crippen molar-refractivity contribution in [1.29, 1.82) is 5.26 Å². The molecular formula is C21H28ClN3O3Si. The van der Waals surface area contributed by atoms with Crippen LogP contribution in [0.1, 0.15) is 43.6 Å². The minimum Gasteiger partial charge on any atom is -0.467 e. The van der Waals surface area contributed by atoms with Crippen LogP contribution in [-0.4, -0.2) is 37.6 Å². The number of hydrogen-bond acceptors (Lipinski definition) is 5. The molecule has 0 saturated carbocycles. The molecule has 1 heterocycles. The SMILES string of the molecule is COC(=O)C(c1ccc(C#N)cc1Cl)n1cncc1CCO[Si](C)(C)C(C)(C)C. The number of carbonyl (C=O) groups is 1. The molecular weight excluding hydrogens is 406 g/mol. The van der Waals surface area contributed by atoms with Crippen molar-refractivity contribution < 1.29 is 14.0 Å². The van der Waals surface area contributed by atoms with Gasteiger partial charge in [0.25, 0.3) is 0 Å². The summed E-state index contributed by atoms with van der Waals surface area (Å²) < 4.78 is 13.1. The fourth-order valence-electron chi connectivity index (χ4n) is 2.71. The summed E-state index contributed by atoms with van der Waals surface area (Å²) in [6.45, 7) is 11.5. The Morgan fingerprint density at radius 2 is 2.07 bits per heavy atom. The van der Waals surface area contributed by atoms with Gasteiger partial charge in [0.15, 0.2) is 14.4 Å². The molecule has 0 fully saturated rings. The van der Waals surface area contributed by atoms with Crippen molar-refractivity contribution in [2.24, 2.45) is 0 Å². The van der Waals surface area contributed by atoms with Crippen molar-refractivity contribution in [3.63, 3.8) is 0 Å². The Labute approximate surface area is 178 Å². The molecule has 0 spiro atoms. The Hall–Kier alpha value is -2.14. The first-order valence-electron chi connectivity index (χ1n) is 9.44. The van der Waals surface area contributed by atoms with Gasteiger partial charge in [-0.05, 0) is 30.3 Å². The summed E-state index contributed by atoms with van der Waals surface area (Å²) in [5.41, 5.74) is 1.83. The Kier molecular flexibility index (Phi) is 7.28. The summed E-state index contributed by atoms with van der Waals surface area (Å²) in [7, 11) is -0.531. The summed E-state index contributed by atoms with van der Waals surface area (Å²) >= 11 is 6.38. The van der Waals surface area contributed by atoms with Crippen molar-refractivity contribution in [1.82, 2.24) is 9.55 Å². The van der Waals surface area contributed by atoms with Crippen molar-refractivity contribution in [3.05, 3.63) is 52.6 Å². The molecule has 0 aliphatic carbocycles. The zero-order valence-corrected chi connectivity index (χ0v) is 19.6. The number of methoxy groups -OCH3 is 1. The molecule has 0 saturated heterocycles. The zero-order chi connectivity index (χ0) is 21.8. The lowest BCUT2D eigenvalue weighted by molar-refractivity contribution is -0.143. The number of nitrogens with zero attached hydrogens (tertiary/aromatic N) is 3. The maximum atomic E-state index is 12.6. The summed E-state index contributed by atoms with van der Waals surface area (Å²) in [6, 6.07) is 6.12. The van der Waals surface area contributed by atoms with Gasteiger partial charge >= 0.3 is 5.97 Å². The molecule has 1 aromatic carbocycles. The lowest BCUT2D eigenvalue weighted by Crippen LogP contribution is -2.41. The van der Waals surface area contributed by atoms with E-state index in [9.17, 15) is 4.79 Å². The molecule has 1 atom stereocenters. The maximum absolute atomic E-state index is 12.6. The van der Waals surface area contributed by atoms with Gasteiger partial charge in [-0.1, -0.05) is 38.4 Å². The Bertz CT molecular complexity index is 913. The van der Waals surface area contributed by atoms with Gasteiger partial charge in [-0.25, -0.2) is 9.78 Å². The monoisotopic (exact) mass is 433 g/mol. The fraction of sp³-hybridized carbons (Fsp3) is 0.476. The molecule has 1 aromatic heterocycles. The van der Waals surface area contributed by atoms with Crippen LogP contribution in [0.3, 0.4) is 0 Å². The number of benzene rings is 1. The van der Waals surface area contributed by atoms with Gasteiger partial charge < -0.3 is 13.7 Å². The first-order valence-corrected chi connectivity index (χ1v) is 12.7. The van der Waals surface area contributed by atoms with Gasteiger partial charge in [-0.15, -0.1) is 0 Å². The summed E-state index contributed by atoms with van der Waals surface area (Å²) in [4.78, 5) is 16.8. The highest BCUT2D eigenvalue weighted by atomic mass is 35.5. The molecule has 6 nitrogen and oxygen atoms in total. The molecule has 0 N–H and O–H groups in total. The number of carbonyl (C=O) groups excluding carboxylic acids is 1. The van der Waals surface area contributed by atoms with Crippen LogP contribution in [0, 0.1) is 11.3 Å². The number of ether oxygens (including phenoxy) is 1. The third-order valence-corrected chi connectivity index (χ3v) is 10.4. The van der Waals surface area contributed by atoms with Crippen LogP contribution >= 0.6 is 11.6 Å². The average molecular weight is 434 g/mol. The number of rotatable bonds is 7. The van der Waals surface area contributed by atoms with Gasteiger partial charge in [0.2, 0.25) is 0 Å². The second-order valence-electron chi connectivity index (χ2n) is 8.42. The van der Waals surface area contributed by atoms with E-state index in [4.69, 9.17) is 26.0 Å². The van der Waals surface area contributed by atoms with Crippen LogP contribution < -0.4 is 0 Å². The first-order chi connectivity index (χ1) is 13.5. The molecule has 0 radical (unpaired) electrons. The lowest BCUT2D eigenvalue weighted by atomic mass is 10.0. The largest absolute Gasteiger partial charge is 0.467 e. The summed E-state index contributed by atoms with van der Waals surface area (Å²) in [5, 5.41) is 9.52. The molecule has 2 rings (SSSR count). The zero-order valence-electron chi connectivity index (χ0n) is 17.8. The number of esters is 1. The van der Waals surface area contributed by atoms with E-state index < -0.39 is 20.3 Å². The van der Waals surface area contributed by atoms with Crippen LogP contribution in [0.15, 0.2) is 30.7 Å². The van der Waals surface area contributed by atoms with Crippen LogP contribution in [0.4, 0.5) is 0 Å². The second-order valence-corrected chi connectivity index (χ2v) is 13.6. The maximum Gasteiger partial charge on any atom is 0.333 e. The van der Waals surface area contributed by atoms with E-state index in [1.54, 1.807) is 35.3 Å². The Balaban J connectivity index is 2.31. The van der Waals surface area contributed by atoms with Crippen LogP contribution in [0.5, 0.6) is 0 Å². The molecule has 0 bridgehead atoms. The molecule has 2 aromatic rings. The molecule has 0 aliphatic rings. The smallest absolute Gasteiger partial charge is 0.333 e. The molecule has 1 unspecified atom stereocenters. The van der Waals surface area contributed by atoms with Gasteiger partial charge in [-0.2, -0.15) is 5.26 Å². The highest BCUT2D eigenvalue weighted by Gasteiger charge is 2.37. The number of nitriles is 1. The molecule has 8 heteroatoms. The summed E-state index contributed by atoms with van der Waals surface area (Å²) in [6.07, 6.45) is 3.92. The Morgan fingerprint density at radius 1 is 1.38 bits per heavy atom. The van der Waals surface area contributed by atoms with Gasteiger partial charge in [0, 0.05) is 35.5 Å². The van der Waals surface area contributed by atoms with E-state index in [0.717, 1.165) is 5.69 Å². The average Bonchev–Trinajstić information content (AvgIpc) is 3.10. The minimum absolute atomic E-state index is 0.123. The quantitative estimate of drug-likeness (QED) is 0.465. The third kappa shape index (κ3) is 5.27. The first kappa shape index (κ1) is 23.1. The van der Waals surface area contributed by atoms with Gasteiger partial charge in [0.1, 0.15) is 0 Å². The number of halogens is 1. The number of hydrogen-bond donors (Lipinski definition) is 0. The van der Waals surface area contributed by atoms with E-state index >= 15 is 0 Å². The van der Waals surface area contributed by atoms with Crippen LogP contribution in [0.2, 0.25) is 23.2 Å². The highest BCUT2D eigenvalue weighted by Crippen LogP contribution is 2.36. The lowest BCUT2D eigenvalue weighted by Gasteiger charge is -2.36. The summed E-state index contributed by atoms with van der Waals surface area (Å²) in [5.74, 6) is -0.457. The predicted molar refractivity (Wildman–Crippen MR) is 115 cm³/mol. The number of aromatic nitrogens is 2. The van der Waals surface area contributed by atoms with E-state index in [2.05, 4.69) is 38.8 Å². The van der Waals surface area contributed by atoms with E-state index in [1.165, 1.54) is 7.11 Å². The third-order valence-electron chi connectivity index (χ3n) is 5.50. The van der Waals surface area contributed by atoms with E-state index in [-0.39, 0.29) is 5.04 Å². The molecule has 156 valence electrons. The number of imidazole rings is 1. The van der Waals surface area contributed by atoms with Crippen LogP contribution in [-0.2, 0) is 20.4 Å². The topological polar surface area (TPSA) is 77.1 Å². The van der Waals surface area contributed by atoms with E-state index in [1.807, 2.05) is 6.07 Å². The highest BCUT2D eigenvalue weighted by molar-refractivity contribution is 6.74. The second kappa shape index (κ2) is 9.12. The van der Waals surface area contributed by atoms with Crippen molar-refractivity contribution in [2.45, 2.75) is 51.4 Å². The van der Waals surface area contributed by atoms with E-state index in [0.29, 0.717) is 29.2 Å². The molecule has 0 aliphatic heterocycles. The van der Waals surface area contributed by atoms with Crippen molar-refractivity contribution in [3.8, 4) is 6.07 Å². The van der Waals surface area contributed by atoms with Gasteiger partial charge in [0.05, 0.1) is 25.1 Å².